The molecular formula is C31H28N6O7S2. The molecule has 0 aromatic heterocycles. The first-order chi connectivity index (χ1) is 21.9. The molecule has 4 N–H and O–H groups in total. The van der Waals surface area contributed by atoms with E-state index in [2.05, 4.69) is 30.5 Å². The van der Waals surface area contributed by atoms with Crippen molar-refractivity contribution in [1.82, 2.24) is 4.72 Å². The third-order valence-electron chi connectivity index (χ3n) is 6.84. The maximum atomic E-state index is 12.4. The molecule has 0 unspecified atom stereocenters. The van der Waals surface area contributed by atoms with E-state index < -0.39 is 36.5 Å². The molecule has 236 valence electrons. The van der Waals surface area contributed by atoms with Gasteiger partial charge in [0.1, 0.15) is 22.0 Å². The zero-order chi connectivity index (χ0) is 33.1. The number of sulfonamides is 1. The number of nitrogens with one attached hydrogen (secondary N) is 2. The fraction of sp³-hybridized carbons (Fsp3) is 0.0968. The van der Waals surface area contributed by atoms with E-state index in [0.717, 1.165) is 5.69 Å². The highest BCUT2D eigenvalue weighted by Crippen LogP contribution is 2.43. The van der Waals surface area contributed by atoms with E-state index in [1.165, 1.54) is 50.6 Å². The second kappa shape index (κ2) is 13.0. The Morgan fingerprint density at radius 1 is 0.761 bits per heavy atom. The molecule has 0 aliphatic rings. The van der Waals surface area contributed by atoms with Crippen molar-refractivity contribution >= 4 is 65.0 Å². The summed E-state index contributed by atoms with van der Waals surface area (Å²) in [5, 5.41) is 31.5. The Morgan fingerprint density at radius 3 is 2.11 bits per heavy atom. The minimum atomic E-state index is -4.83. The second-order valence-corrected chi connectivity index (χ2v) is 13.2. The normalized spacial score (nSPS) is 12.3. The van der Waals surface area contributed by atoms with Crippen molar-refractivity contribution in [3.05, 3.63) is 96.6 Å². The van der Waals surface area contributed by atoms with Gasteiger partial charge in [-0.1, -0.05) is 18.2 Å². The van der Waals surface area contributed by atoms with E-state index in [1.54, 1.807) is 31.2 Å². The van der Waals surface area contributed by atoms with E-state index in [9.17, 15) is 26.5 Å². The summed E-state index contributed by atoms with van der Waals surface area (Å²) in [5.74, 6) is -0.279. The number of methoxy groups -OCH3 is 1. The molecule has 0 spiro atoms. The molecule has 13 nitrogen and oxygen atoms in total. The van der Waals surface area contributed by atoms with Gasteiger partial charge in [0.05, 0.1) is 23.4 Å². The van der Waals surface area contributed by atoms with Crippen molar-refractivity contribution in [2.45, 2.75) is 16.7 Å². The number of hydrogen-bond donors (Lipinski definition) is 4. The van der Waals surface area contributed by atoms with Crippen LogP contribution < -0.4 is 14.8 Å². The number of rotatable bonds is 10. The molecule has 0 saturated heterocycles. The van der Waals surface area contributed by atoms with Crippen LogP contribution in [0.4, 0.5) is 34.1 Å². The molecule has 0 saturated carbocycles. The fourth-order valence-electron chi connectivity index (χ4n) is 4.45. The maximum Gasteiger partial charge on any atom is 0.296 e. The number of phenols is 1. The van der Waals surface area contributed by atoms with Crippen LogP contribution in [-0.4, -0.2) is 40.7 Å². The number of para-hydroxylation sites is 1. The minimum Gasteiger partial charge on any atom is -0.505 e. The van der Waals surface area contributed by atoms with Crippen LogP contribution in [0.2, 0.25) is 0 Å². The second-order valence-electron chi connectivity index (χ2n) is 9.89. The van der Waals surface area contributed by atoms with Gasteiger partial charge in [0.25, 0.3) is 10.1 Å². The molecule has 0 amide bonds. The smallest absolute Gasteiger partial charge is 0.296 e. The molecule has 0 atom stereocenters. The third kappa shape index (κ3) is 7.02. The summed E-state index contributed by atoms with van der Waals surface area (Å²) < 4.78 is 66.3. The summed E-state index contributed by atoms with van der Waals surface area (Å²) in [7, 11) is -5.71. The number of benzene rings is 5. The van der Waals surface area contributed by atoms with E-state index in [-0.39, 0.29) is 21.7 Å². The van der Waals surface area contributed by atoms with Crippen LogP contribution >= 0.6 is 0 Å². The summed E-state index contributed by atoms with van der Waals surface area (Å²) in [6.45, 7) is 1.73. The van der Waals surface area contributed by atoms with Crippen LogP contribution in [0.5, 0.6) is 11.5 Å². The Kier molecular flexibility index (Phi) is 9.11. The Morgan fingerprint density at radius 2 is 1.46 bits per heavy atom. The van der Waals surface area contributed by atoms with Crippen molar-refractivity contribution in [1.29, 1.82) is 0 Å². The summed E-state index contributed by atoms with van der Waals surface area (Å²) in [6, 6.07) is 24.4. The third-order valence-corrected chi connectivity index (χ3v) is 9.13. The largest absolute Gasteiger partial charge is 0.505 e. The Balaban J connectivity index is 1.47. The zero-order valence-corrected chi connectivity index (χ0v) is 26.3. The van der Waals surface area contributed by atoms with Gasteiger partial charge in [-0.25, -0.2) is 13.1 Å². The number of azo groups is 2. The topological polar surface area (TPSA) is 191 Å². The van der Waals surface area contributed by atoms with Crippen molar-refractivity contribution in [2.24, 2.45) is 20.5 Å². The van der Waals surface area contributed by atoms with E-state index in [0.29, 0.717) is 28.0 Å². The number of phenolic OH excluding ortho intramolecular Hbond substituents is 1. The lowest BCUT2D eigenvalue weighted by molar-refractivity contribution is 0.416. The Bertz CT molecular complexity index is 2210. The summed E-state index contributed by atoms with van der Waals surface area (Å²) in [5.41, 5.74) is 2.59. The highest BCUT2D eigenvalue weighted by atomic mass is 32.2. The van der Waals surface area contributed by atoms with Gasteiger partial charge in [-0.3, -0.25) is 4.55 Å². The van der Waals surface area contributed by atoms with Gasteiger partial charge in [0, 0.05) is 22.8 Å². The van der Waals surface area contributed by atoms with Crippen LogP contribution in [0.15, 0.2) is 121 Å². The van der Waals surface area contributed by atoms with Crippen molar-refractivity contribution in [2.75, 3.05) is 19.5 Å². The number of nitrogens with zero attached hydrogens (tertiary/aromatic N) is 4. The predicted octanol–water partition coefficient (Wildman–Crippen LogP) is 7.59. The molecule has 0 aliphatic heterocycles. The van der Waals surface area contributed by atoms with Gasteiger partial charge in [0.15, 0.2) is 5.75 Å². The van der Waals surface area contributed by atoms with Gasteiger partial charge >= 0.3 is 0 Å². The van der Waals surface area contributed by atoms with Crippen LogP contribution in [0.25, 0.3) is 10.8 Å². The lowest BCUT2D eigenvalue weighted by atomic mass is 10.1. The van der Waals surface area contributed by atoms with Crippen molar-refractivity contribution < 1.29 is 31.2 Å². The average Bonchev–Trinajstić information content (AvgIpc) is 3.04. The van der Waals surface area contributed by atoms with Gasteiger partial charge in [-0.05, 0) is 91.7 Å². The van der Waals surface area contributed by atoms with Crippen molar-refractivity contribution in [3.63, 3.8) is 0 Å². The van der Waals surface area contributed by atoms with Gasteiger partial charge in [0.2, 0.25) is 10.0 Å². The fourth-order valence-corrected chi connectivity index (χ4v) is 5.84. The van der Waals surface area contributed by atoms with Gasteiger partial charge in [-0.15, -0.1) is 10.2 Å². The molecular weight excluding hydrogens is 633 g/mol. The number of aryl methyl sites for hydroxylation is 1. The number of hydrogen-bond acceptors (Lipinski definition) is 11. The SMILES string of the molecule is CNS(=O)(=O)c1ccc(/N=N/c2cc(OC)c(/N=N/c3c(S(=O)(=O)O)cc4cc(Nc5ccccc5)ccc4c3O)cc2C)cc1. The van der Waals surface area contributed by atoms with Gasteiger partial charge in [-0.2, -0.15) is 18.6 Å². The van der Waals surface area contributed by atoms with Crippen molar-refractivity contribution in [3.8, 4) is 11.5 Å². The summed E-state index contributed by atoms with van der Waals surface area (Å²) in [4.78, 5) is -0.548. The standard InChI is InChI=1S/C31H28N6O7S2/c1-19-15-27(28(44-3)18-26(19)35-34-22-9-12-24(13-10-22)45(39,40)32-2)36-37-30-29(46(41,42)43)17-20-16-23(11-14-25(20)31(30)38)33-21-7-5-4-6-8-21/h4-18,32-33,38H,1-3H3,(H,41,42,43)/b35-34+,37-36+. The van der Waals surface area contributed by atoms with E-state index >= 15 is 0 Å². The highest BCUT2D eigenvalue weighted by molar-refractivity contribution is 7.89. The first kappa shape index (κ1) is 32.2. The van der Waals surface area contributed by atoms with Crippen LogP contribution in [0, 0.1) is 6.92 Å². The number of ether oxygens (including phenoxy) is 1. The first-order valence-electron chi connectivity index (χ1n) is 13.5. The molecule has 0 aliphatic carbocycles. The Labute approximate surface area is 265 Å². The number of aromatic hydroxyl groups is 1. The van der Waals surface area contributed by atoms with Crippen LogP contribution in [-0.2, 0) is 20.1 Å². The number of fused-ring (bicyclic) bond motifs is 1. The van der Waals surface area contributed by atoms with E-state index in [1.807, 2.05) is 30.3 Å². The molecule has 0 radical (unpaired) electrons. The highest BCUT2D eigenvalue weighted by Gasteiger charge is 2.22. The monoisotopic (exact) mass is 660 g/mol. The minimum absolute atomic E-state index is 0.0842. The molecule has 0 heterocycles. The molecule has 0 fully saturated rings. The molecule has 46 heavy (non-hydrogen) atoms. The average molecular weight is 661 g/mol. The maximum absolute atomic E-state index is 12.4. The van der Waals surface area contributed by atoms with Crippen LogP contribution in [0.3, 0.4) is 0 Å². The molecule has 15 heteroatoms. The zero-order valence-electron chi connectivity index (χ0n) is 24.7. The lowest BCUT2D eigenvalue weighted by Crippen LogP contribution is -2.18. The first-order valence-corrected chi connectivity index (χ1v) is 16.5. The lowest BCUT2D eigenvalue weighted by Gasteiger charge is -2.12. The van der Waals surface area contributed by atoms with Crippen LogP contribution in [0.1, 0.15) is 5.56 Å². The van der Waals surface area contributed by atoms with E-state index in [4.69, 9.17) is 4.74 Å². The quantitative estimate of drug-likeness (QED) is 0.0869. The molecule has 0 bridgehead atoms. The Hall–Kier alpha value is -5.22. The summed E-state index contributed by atoms with van der Waals surface area (Å²) in [6.07, 6.45) is 0. The molecule has 5 aromatic carbocycles. The molecule has 5 aromatic rings. The number of anilines is 2. The van der Waals surface area contributed by atoms with Gasteiger partial charge < -0.3 is 15.2 Å². The predicted molar refractivity (Wildman–Crippen MR) is 174 cm³/mol. The molecule has 5 rings (SSSR count). The summed E-state index contributed by atoms with van der Waals surface area (Å²) >= 11 is 0.